The van der Waals surface area contributed by atoms with Crippen molar-refractivity contribution in [3.8, 4) is 5.75 Å². The highest BCUT2D eigenvalue weighted by molar-refractivity contribution is 5.78. The summed E-state index contributed by atoms with van der Waals surface area (Å²) in [6.07, 6.45) is 0. The van der Waals surface area contributed by atoms with Gasteiger partial charge in [0.25, 0.3) is 5.56 Å². The molecule has 7 nitrogen and oxygen atoms in total. The molecular formula is C23H20N4O3. The number of benzene rings is 3. The number of nitrogens with one attached hydrogen (secondary N) is 1. The van der Waals surface area contributed by atoms with E-state index in [2.05, 4.69) is 15.6 Å². The Morgan fingerprint density at radius 1 is 0.967 bits per heavy atom. The number of hydrogen-bond donors (Lipinski definition) is 1. The van der Waals surface area contributed by atoms with Crippen LogP contribution in [0, 0.1) is 0 Å². The zero-order valence-electron chi connectivity index (χ0n) is 16.4. The Labute approximate surface area is 172 Å². The summed E-state index contributed by atoms with van der Waals surface area (Å²) in [5.41, 5.74) is 1.97. The zero-order chi connectivity index (χ0) is 20.9. The standard InChI is InChI=1S/C23H20N4O3/c1-30-18-13-11-17(12-14-18)22(16-7-3-2-4-8-16)24-21(28)15-27-23(29)19-9-5-6-10-20(19)25-26-27/h2-14,22H,15H2,1H3,(H,24,28)/t22-/m1/s1. The fraction of sp³-hybridized carbons (Fsp3) is 0.130. The third-order valence-electron chi connectivity index (χ3n) is 4.81. The maximum Gasteiger partial charge on any atom is 0.278 e. The zero-order valence-corrected chi connectivity index (χ0v) is 16.4. The summed E-state index contributed by atoms with van der Waals surface area (Å²) in [7, 11) is 1.60. The van der Waals surface area contributed by atoms with Crippen molar-refractivity contribution in [3.05, 3.63) is 100 Å². The van der Waals surface area contributed by atoms with E-state index in [9.17, 15) is 9.59 Å². The molecule has 0 spiro atoms. The van der Waals surface area contributed by atoms with Gasteiger partial charge in [0, 0.05) is 0 Å². The number of hydrogen-bond acceptors (Lipinski definition) is 5. The number of ether oxygens (including phenoxy) is 1. The Hall–Kier alpha value is -4.00. The first-order valence-electron chi connectivity index (χ1n) is 9.46. The lowest BCUT2D eigenvalue weighted by Crippen LogP contribution is -2.36. The van der Waals surface area contributed by atoms with Gasteiger partial charge in [-0.3, -0.25) is 9.59 Å². The predicted octanol–water partition coefficient (Wildman–Crippen LogP) is 2.71. The van der Waals surface area contributed by atoms with Gasteiger partial charge < -0.3 is 10.1 Å². The summed E-state index contributed by atoms with van der Waals surface area (Å²) in [5, 5.41) is 11.4. The number of aromatic nitrogens is 3. The highest BCUT2D eigenvalue weighted by atomic mass is 16.5. The van der Waals surface area contributed by atoms with Gasteiger partial charge in [0.2, 0.25) is 5.91 Å². The lowest BCUT2D eigenvalue weighted by atomic mass is 9.98. The Balaban J connectivity index is 1.60. The fourth-order valence-corrected chi connectivity index (χ4v) is 3.27. The van der Waals surface area contributed by atoms with E-state index < -0.39 is 0 Å². The van der Waals surface area contributed by atoms with E-state index in [0.29, 0.717) is 10.9 Å². The number of methoxy groups -OCH3 is 1. The number of amides is 1. The Morgan fingerprint density at radius 3 is 2.37 bits per heavy atom. The van der Waals surface area contributed by atoms with Crippen molar-refractivity contribution >= 4 is 16.8 Å². The SMILES string of the molecule is COc1ccc([C@H](NC(=O)Cn2nnc3ccccc3c2=O)c2ccccc2)cc1. The Morgan fingerprint density at radius 2 is 1.63 bits per heavy atom. The van der Waals surface area contributed by atoms with Crippen LogP contribution in [-0.2, 0) is 11.3 Å². The summed E-state index contributed by atoms with van der Waals surface area (Å²) in [6, 6.07) is 23.7. The first-order chi connectivity index (χ1) is 14.7. The van der Waals surface area contributed by atoms with E-state index in [0.717, 1.165) is 21.6 Å². The second-order valence-corrected chi connectivity index (χ2v) is 6.75. The van der Waals surface area contributed by atoms with Crippen LogP contribution in [0.15, 0.2) is 83.7 Å². The van der Waals surface area contributed by atoms with E-state index in [-0.39, 0.29) is 24.1 Å². The first-order valence-corrected chi connectivity index (χ1v) is 9.46. The molecule has 1 heterocycles. The van der Waals surface area contributed by atoms with Crippen molar-refractivity contribution in [2.75, 3.05) is 7.11 Å². The summed E-state index contributed by atoms with van der Waals surface area (Å²) in [4.78, 5) is 25.4. The van der Waals surface area contributed by atoms with E-state index in [1.54, 1.807) is 31.4 Å². The smallest absolute Gasteiger partial charge is 0.278 e. The molecule has 0 saturated carbocycles. The molecule has 1 amide bonds. The van der Waals surface area contributed by atoms with Gasteiger partial charge in [0.1, 0.15) is 17.8 Å². The van der Waals surface area contributed by atoms with Crippen LogP contribution < -0.4 is 15.6 Å². The minimum Gasteiger partial charge on any atom is -0.497 e. The van der Waals surface area contributed by atoms with Gasteiger partial charge in [-0.25, -0.2) is 4.68 Å². The van der Waals surface area contributed by atoms with Crippen LogP contribution in [0.1, 0.15) is 17.2 Å². The fourth-order valence-electron chi connectivity index (χ4n) is 3.27. The molecule has 0 bridgehead atoms. The van der Waals surface area contributed by atoms with Crippen molar-refractivity contribution in [1.29, 1.82) is 0 Å². The largest absolute Gasteiger partial charge is 0.497 e. The molecule has 0 fully saturated rings. The van der Waals surface area contributed by atoms with Gasteiger partial charge in [-0.05, 0) is 35.4 Å². The minimum atomic E-state index is -0.381. The second-order valence-electron chi connectivity index (χ2n) is 6.75. The summed E-state index contributed by atoms with van der Waals surface area (Å²) in [6.45, 7) is -0.226. The molecule has 0 aliphatic heterocycles. The predicted molar refractivity (Wildman–Crippen MR) is 113 cm³/mol. The molecule has 30 heavy (non-hydrogen) atoms. The number of nitrogens with zero attached hydrogens (tertiary/aromatic N) is 3. The van der Waals surface area contributed by atoms with Crippen molar-refractivity contribution in [1.82, 2.24) is 20.3 Å². The third-order valence-corrected chi connectivity index (χ3v) is 4.81. The van der Waals surface area contributed by atoms with Crippen LogP contribution in [-0.4, -0.2) is 28.0 Å². The molecule has 1 aromatic heterocycles. The summed E-state index contributed by atoms with van der Waals surface area (Å²) >= 11 is 0. The highest BCUT2D eigenvalue weighted by Crippen LogP contribution is 2.24. The van der Waals surface area contributed by atoms with Gasteiger partial charge in [-0.15, -0.1) is 5.10 Å². The first kappa shape index (κ1) is 19.3. The van der Waals surface area contributed by atoms with Gasteiger partial charge >= 0.3 is 0 Å². The Bertz CT molecular complexity index is 1220. The summed E-state index contributed by atoms with van der Waals surface area (Å²) < 4.78 is 6.30. The van der Waals surface area contributed by atoms with Crippen LogP contribution in [0.4, 0.5) is 0 Å². The van der Waals surface area contributed by atoms with Gasteiger partial charge in [0.05, 0.1) is 18.5 Å². The quantitative estimate of drug-likeness (QED) is 0.538. The molecule has 1 atom stereocenters. The van der Waals surface area contributed by atoms with Crippen LogP contribution in [0.2, 0.25) is 0 Å². The minimum absolute atomic E-state index is 0.226. The molecule has 0 aliphatic rings. The van der Waals surface area contributed by atoms with Gasteiger partial charge in [0.15, 0.2) is 0 Å². The number of carbonyl (C=O) groups is 1. The van der Waals surface area contributed by atoms with Crippen LogP contribution in [0.25, 0.3) is 10.9 Å². The normalized spacial score (nSPS) is 11.8. The van der Waals surface area contributed by atoms with Crippen LogP contribution >= 0.6 is 0 Å². The van der Waals surface area contributed by atoms with E-state index in [1.165, 1.54) is 0 Å². The summed E-state index contributed by atoms with van der Waals surface area (Å²) in [5.74, 6) is 0.390. The molecule has 0 unspecified atom stereocenters. The lowest BCUT2D eigenvalue weighted by Gasteiger charge is -2.20. The van der Waals surface area contributed by atoms with Crippen molar-refractivity contribution in [3.63, 3.8) is 0 Å². The van der Waals surface area contributed by atoms with Crippen LogP contribution in [0.5, 0.6) is 5.75 Å². The molecule has 150 valence electrons. The number of carbonyl (C=O) groups excluding carboxylic acids is 1. The average molecular weight is 400 g/mol. The van der Waals surface area contributed by atoms with Crippen molar-refractivity contribution in [2.45, 2.75) is 12.6 Å². The average Bonchev–Trinajstić information content (AvgIpc) is 2.80. The van der Waals surface area contributed by atoms with Gasteiger partial charge in [-0.2, -0.15) is 0 Å². The molecule has 4 rings (SSSR count). The van der Waals surface area contributed by atoms with Crippen LogP contribution in [0.3, 0.4) is 0 Å². The highest BCUT2D eigenvalue weighted by Gasteiger charge is 2.18. The van der Waals surface area contributed by atoms with E-state index >= 15 is 0 Å². The third kappa shape index (κ3) is 4.05. The molecule has 1 N–H and O–H groups in total. The maximum atomic E-state index is 12.8. The van der Waals surface area contributed by atoms with Gasteiger partial charge in [-0.1, -0.05) is 59.8 Å². The van der Waals surface area contributed by atoms with E-state index in [1.807, 2.05) is 54.6 Å². The molecule has 0 aliphatic carbocycles. The molecule has 3 aromatic carbocycles. The van der Waals surface area contributed by atoms with E-state index in [4.69, 9.17) is 4.74 Å². The molecule has 4 aromatic rings. The number of fused-ring (bicyclic) bond motifs is 1. The number of rotatable bonds is 6. The monoisotopic (exact) mass is 400 g/mol. The topological polar surface area (TPSA) is 86.1 Å². The Kier molecular flexibility index (Phi) is 5.52. The van der Waals surface area contributed by atoms with Crippen molar-refractivity contribution in [2.24, 2.45) is 0 Å². The maximum absolute atomic E-state index is 12.8. The molecular weight excluding hydrogens is 380 g/mol. The second kappa shape index (κ2) is 8.57. The molecule has 0 radical (unpaired) electrons. The molecule has 0 saturated heterocycles. The lowest BCUT2D eigenvalue weighted by molar-refractivity contribution is -0.122. The van der Waals surface area contributed by atoms with Crippen molar-refractivity contribution < 1.29 is 9.53 Å². The molecule has 7 heteroatoms.